The van der Waals surface area contributed by atoms with E-state index in [-0.39, 0.29) is 12.4 Å². The van der Waals surface area contributed by atoms with E-state index in [9.17, 15) is 0 Å². The maximum absolute atomic E-state index is 4.25. The Morgan fingerprint density at radius 1 is 1.38 bits per heavy atom. The molecule has 0 atom stereocenters. The first kappa shape index (κ1) is 15.5. The van der Waals surface area contributed by atoms with Gasteiger partial charge in [-0.3, -0.25) is 4.68 Å². The molecule has 0 aromatic carbocycles. The Balaban J connectivity index is 0.00000225. The first-order valence-corrected chi connectivity index (χ1v) is 5.67. The van der Waals surface area contributed by atoms with Crippen LogP contribution in [0.4, 0.5) is 0 Å². The van der Waals surface area contributed by atoms with E-state index in [1.807, 2.05) is 10.9 Å². The van der Waals surface area contributed by atoms with E-state index in [0.29, 0.717) is 5.41 Å². The summed E-state index contributed by atoms with van der Waals surface area (Å²) in [4.78, 5) is 0. The molecule has 0 aliphatic rings. The minimum absolute atomic E-state index is 0. The van der Waals surface area contributed by atoms with Crippen LogP contribution in [0.5, 0.6) is 0 Å². The standard InChI is InChI=1S/C12H23N3.ClH/c1-11-8-14-15(9-11)7-5-6-13-10-12(2,3)4;/h8-9,13H,5-7,10H2,1-4H3;1H. The summed E-state index contributed by atoms with van der Waals surface area (Å²) in [5.41, 5.74) is 1.61. The summed E-state index contributed by atoms with van der Waals surface area (Å²) < 4.78 is 2.01. The highest BCUT2D eigenvalue weighted by molar-refractivity contribution is 5.85. The third-order valence-electron chi connectivity index (χ3n) is 2.16. The normalized spacial score (nSPS) is 11.2. The molecule has 0 radical (unpaired) electrons. The zero-order chi connectivity index (χ0) is 11.3. The van der Waals surface area contributed by atoms with Gasteiger partial charge in [0.25, 0.3) is 0 Å². The Bertz CT molecular complexity index is 289. The molecule has 16 heavy (non-hydrogen) atoms. The summed E-state index contributed by atoms with van der Waals surface area (Å²) >= 11 is 0. The molecule has 4 heteroatoms. The van der Waals surface area contributed by atoms with Crippen LogP contribution in [0.1, 0.15) is 32.8 Å². The van der Waals surface area contributed by atoms with Crippen LogP contribution in [-0.2, 0) is 6.54 Å². The summed E-state index contributed by atoms with van der Waals surface area (Å²) in [5.74, 6) is 0. The topological polar surface area (TPSA) is 29.9 Å². The number of nitrogens with one attached hydrogen (secondary N) is 1. The van der Waals surface area contributed by atoms with Crippen molar-refractivity contribution in [3.05, 3.63) is 18.0 Å². The maximum Gasteiger partial charge on any atom is 0.0518 e. The lowest BCUT2D eigenvalue weighted by Crippen LogP contribution is -2.28. The van der Waals surface area contributed by atoms with Gasteiger partial charge in [0.2, 0.25) is 0 Å². The van der Waals surface area contributed by atoms with Gasteiger partial charge in [0.1, 0.15) is 0 Å². The van der Waals surface area contributed by atoms with Gasteiger partial charge < -0.3 is 5.32 Å². The van der Waals surface area contributed by atoms with Crippen LogP contribution in [0.3, 0.4) is 0 Å². The van der Waals surface area contributed by atoms with Crippen LogP contribution in [-0.4, -0.2) is 22.9 Å². The number of nitrogens with zero attached hydrogens (tertiary/aromatic N) is 2. The molecule has 0 spiro atoms. The number of hydrogen-bond acceptors (Lipinski definition) is 2. The van der Waals surface area contributed by atoms with E-state index < -0.39 is 0 Å². The Morgan fingerprint density at radius 3 is 2.56 bits per heavy atom. The third kappa shape index (κ3) is 6.85. The molecule has 3 nitrogen and oxygen atoms in total. The fraction of sp³-hybridized carbons (Fsp3) is 0.750. The first-order valence-electron chi connectivity index (χ1n) is 5.67. The van der Waals surface area contributed by atoms with Gasteiger partial charge in [-0.05, 0) is 37.4 Å². The Kier molecular flexibility index (Phi) is 6.68. The number of aromatic nitrogens is 2. The zero-order valence-electron chi connectivity index (χ0n) is 10.8. The molecular formula is C12H24ClN3. The van der Waals surface area contributed by atoms with Crippen molar-refractivity contribution in [2.75, 3.05) is 13.1 Å². The summed E-state index contributed by atoms with van der Waals surface area (Å²) in [5, 5.41) is 7.71. The molecule has 0 aliphatic carbocycles. The van der Waals surface area contributed by atoms with Crippen molar-refractivity contribution in [2.45, 2.75) is 40.7 Å². The van der Waals surface area contributed by atoms with E-state index >= 15 is 0 Å². The lowest BCUT2D eigenvalue weighted by molar-refractivity contribution is 0.375. The molecule has 0 amide bonds. The molecule has 1 heterocycles. The minimum Gasteiger partial charge on any atom is -0.316 e. The molecule has 1 aromatic rings. The average molecular weight is 246 g/mol. The largest absolute Gasteiger partial charge is 0.316 e. The van der Waals surface area contributed by atoms with Crippen molar-refractivity contribution < 1.29 is 0 Å². The van der Waals surface area contributed by atoms with E-state index in [1.54, 1.807) is 0 Å². The number of aryl methyl sites for hydroxylation is 2. The van der Waals surface area contributed by atoms with E-state index in [2.05, 4.69) is 44.3 Å². The molecule has 0 bridgehead atoms. The van der Waals surface area contributed by atoms with E-state index in [4.69, 9.17) is 0 Å². The molecule has 1 aromatic heterocycles. The first-order chi connectivity index (χ1) is 6.97. The summed E-state index contributed by atoms with van der Waals surface area (Å²) in [6.07, 6.45) is 5.13. The van der Waals surface area contributed by atoms with Gasteiger partial charge in [-0.25, -0.2) is 0 Å². The lowest BCUT2D eigenvalue weighted by Gasteiger charge is -2.18. The van der Waals surface area contributed by atoms with Crippen LogP contribution in [0, 0.1) is 12.3 Å². The highest BCUT2D eigenvalue weighted by Crippen LogP contribution is 2.09. The smallest absolute Gasteiger partial charge is 0.0518 e. The van der Waals surface area contributed by atoms with Crippen molar-refractivity contribution in [1.29, 1.82) is 0 Å². The maximum atomic E-state index is 4.25. The van der Waals surface area contributed by atoms with E-state index in [1.165, 1.54) is 5.56 Å². The van der Waals surface area contributed by atoms with Crippen molar-refractivity contribution in [3.63, 3.8) is 0 Å². The van der Waals surface area contributed by atoms with Crippen molar-refractivity contribution in [3.8, 4) is 0 Å². The molecule has 1 rings (SSSR count). The molecule has 0 unspecified atom stereocenters. The number of hydrogen-bond donors (Lipinski definition) is 1. The predicted molar refractivity (Wildman–Crippen MR) is 71.2 cm³/mol. The average Bonchev–Trinajstić information content (AvgIpc) is 2.49. The van der Waals surface area contributed by atoms with Crippen molar-refractivity contribution >= 4 is 12.4 Å². The van der Waals surface area contributed by atoms with Crippen LogP contribution >= 0.6 is 12.4 Å². The molecular weight excluding hydrogens is 222 g/mol. The molecule has 1 N–H and O–H groups in total. The minimum atomic E-state index is 0. The monoisotopic (exact) mass is 245 g/mol. The van der Waals surface area contributed by atoms with Crippen molar-refractivity contribution in [2.24, 2.45) is 5.41 Å². The summed E-state index contributed by atoms with van der Waals surface area (Å²) in [6, 6.07) is 0. The van der Waals surface area contributed by atoms with Gasteiger partial charge in [0.15, 0.2) is 0 Å². The highest BCUT2D eigenvalue weighted by Gasteiger charge is 2.08. The van der Waals surface area contributed by atoms with Crippen LogP contribution in [0.15, 0.2) is 12.4 Å². The predicted octanol–water partition coefficient (Wildman–Crippen LogP) is 2.64. The Morgan fingerprint density at radius 2 is 2.06 bits per heavy atom. The Hall–Kier alpha value is -0.540. The zero-order valence-corrected chi connectivity index (χ0v) is 11.6. The molecule has 94 valence electrons. The second-order valence-electron chi connectivity index (χ2n) is 5.37. The van der Waals surface area contributed by atoms with Gasteiger partial charge in [0.05, 0.1) is 6.20 Å². The second kappa shape index (κ2) is 6.92. The highest BCUT2D eigenvalue weighted by atomic mass is 35.5. The van der Waals surface area contributed by atoms with Gasteiger partial charge in [-0.15, -0.1) is 12.4 Å². The molecule has 0 aliphatic heterocycles. The molecule has 0 fully saturated rings. The van der Waals surface area contributed by atoms with Gasteiger partial charge in [-0.1, -0.05) is 20.8 Å². The van der Waals surface area contributed by atoms with Crippen LogP contribution in [0.2, 0.25) is 0 Å². The Labute approximate surface area is 105 Å². The SMILES string of the molecule is Cc1cnn(CCCNCC(C)(C)C)c1.Cl. The fourth-order valence-electron chi connectivity index (χ4n) is 1.42. The van der Waals surface area contributed by atoms with E-state index in [0.717, 1.165) is 26.1 Å². The molecule has 0 saturated heterocycles. The quantitative estimate of drug-likeness (QED) is 0.809. The number of rotatable bonds is 5. The van der Waals surface area contributed by atoms with Crippen molar-refractivity contribution in [1.82, 2.24) is 15.1 Å². The van der Waals surface area contributed by atoms with Crippen LogP contribution in [0.25, 0.3) is 0 Å². The van der Waals surface area contributed by atoms with Gasteiger partial charge in [0, 0.05) is 12.7 Å². The summed E-state index contributed by atoms with van der Waals surface area (Å²) in [7, 11) is 0. The van der Waals surface area contributed by atoms with Gasteiger partial charge in [-0.2, -0.15) is 5.10 Å². The van der Waals surface area contributed by atoms with Crippen LogP contribution < -0.4 is 5.32 Å². The third-order valence-corrected chi connectivity index (χ3v) is 2.16. The number of halogens is 1. The molecule has 0 saturated carbocycles. The summed E-state index contributed by atoms with van der Waals surface area (Å²) in [6.45, 7) is 12.0. The van der Waals surface area contributed by atoms with Gasteiger partial charge >= 0.3 is 0 Å². The lowest BCUT2D eigenvalue weighted by atomic mass is 9.97. The fourth-order valence-corrected chi connectivity index (χ4v) is 1.42. The second-order valence-corrected chi connectivity index (χ2v) is 5.37.